The fraction of sp³-hybridized carbons (Fsp3) is 0.611. The summed E-state index contributed by atoms with van der Waals surface area (Å²) in [6, 6.07) is 6.53. The number of rotatable bonds is 5. The van der Waals surface area contributed by atoms with Crippen molar-refractivity contribution >= 4 is 27.5 Å². The Hall–Kier alpha value is -1.15. The summed E-state index contributed by atoms with van der Waals surface area (Å²) in [5.74, 6) is 0.0471. The van der Waals surface area contributed by atoms with E-state index >= 15 is 0 Å². The molecule has 2 aliphatic rings. The van der Waals surface area contributed by atoms with Gasteiger partial charge in [-0.2, -0.15) is 4.31 Å². The van der Waals surface area contributed by atoms with E-state index in [4.69, 9.17) is 11.6 Å². The number of nitrogens with zero attached hydrogens (tertiary/aromatic N) is 2. The van der Waals surface area contributed by atoms with Crippen molar-refractivity contribution in [2.75, 3.05) is 32.7 Å². The van der Waals surface area contributed by atoms with Crippen LogP contribution in [0.2, 0.25) is 5.02 Å². The average Bonchev–Trinajstić information content (AvgIpc) is 2.63. The molecule has 0 unspecified atom stereocenters. The number of hydrogen-bond acceptors (Lipinski definition) is 4. The summed E-state index contributed by atoms with van der Waals surface area (Å²) in [7, 11) is -3.51. The summed E-state index contributed by atoms with van der Waals surface area (Å²) in [6.45, 7) is 2.24. The van der Waals surface area contributed by atoms with Crippen LogP contribution < -0.4 is 5.32 Å². The molecule has 0 spiro atoms. The molecule has 1 aliphatic heterocycles. The molecule has 1 aromatic rings. The minimum Gasteiger partial charge on any atom is -0.352 e. The third-order valence-electron chi connectivity index (χ3n) is 5.12. The lowest BCUT2D eigenvalue weighted by Gasteiger charge is -2.34. The van der Waals surface area contributed by atoms with E-state index in [2.05, 4.69) is 5.32 Å². The average molecular weight is 400 g/mol. The third kappa shape index (κ3) is 4.97. The van der Waals surface area contributed by atoms with Crippen LogP contribution >= 0.6 is 11.6 Å². The number of halogens is 1. The zero-order valence-corrected chi connectivity index (χ0v) is 16.4. The van der Waals surface area contributed by atoms with Crippen molar-refractivity contribution in [2.45, 2.75) is 43.0 Å². The van der Waals surface area contributed by atoms with Crippen LogP contribution in [-0.2, 0) is 14.8 Å². The molecule has 1 aromatic carbocycles. The molecule has 1 heterocycles. The molecular weight excluding hydrogens is 374 g/mol. The monoisotopic (exact) mass is 399 g/mol. The maximum atomic E-state index is 12.7. The number of nitrogens with one attached hydrogen (secondary N) is 1. The van der Waals surface area contributed by atoms with E-state index < -0.39 is 10.0 Å². The quantitative estimate of drug-likeness (QED) is 0.823. The van der Waals surface area contributed by atoms with Gasteiger partial charge in [0.2, 0.25) is 15.9 Å². The van der Waals surface area contributed by atoms with E-state index in [0.717, 1.165) is 12.8 Å². The molecule has 2 fully saturated rings. The van der Waals surface area contributed by atoms with E-state index in [1.807, 2.05) is 4.90 Å². The number of carbonyl (C=O) groups excluding carboxylic acids is 1. The zero-order valence-electron chi connectivity index (χ0n) is 14.9. The number of sulfonamides is 1. The maximum absolute atomic E-state index is 12.7. The van der Waals surface area contributed by atoms with Crippen LogP contribution in [0.15, 0.2) is 29.2 Å². The van der Waals surface area contributed by atoms with Crippen LogP contribution in [0.5, 0.6) is 0 Å². The minimum absolute atomic E-state index is 0.0471. The fourth-order valence-electron chi connectivity index (χ4n) is 3.61. The van der Waals surface area contributed by atoms with Gasteiger partial charge in [-0.25, -0.2) is 8.42 Å². The number of benzene rings is 1. The Morgan fingerprint density at radius 3 is 2.27 bits per heavy atom. The highest BCUT2D eigenvalue weighted by Crippen LogP contribution is 2.20. The van der Waals surface area contributed by atoms with Crippen LogP contribution in [0.1, 0.15) is 32.1 Å². The highest BCUT2D eigenvalue weighted by atomic mass is 35.5. The predicted octanol–water partition coefficient (Wildman–Crippen LogP) is 2.10. The van der Waals surface area contributed by atoms with Crippen molar-refractivity contribution in [2.24, 2.45) is 0 Å². The molecule has 8 heteroatoms. The van der Waals surface area contributed by atoms with Crippen LogP contribution in [0.4, 0.5) is 0 Å². The van der Waals surface area contributed by atoms with Gasteiger partial charge in [-0.3, -0.25) is 9.69 Å². The Kier molecular flexibility index (Phi) is 6.55. The van der Waals surface area contributed by atoms with Crippen molar-refractivity contribution in [3.63, 3.8) is 0 Å². The molecule has 0 atom stereocenters. The minimum atomic E-state index is -3.51. The van der Waals surface area contributed by atoms with Gasteiger partial charge < -0.3 is 5.32 Å². The van der Waals surface area contributed by atoms with Gasteiger partial charge in [-0.15, -0.1) is 0 Å². The molecule has 144 valence electrons. The number of carbonyl (C=O) groups is 1. The summed E-state index contributed by atoms with van der Waals surface area (Å²) in [5, 5.41) is 3.63. The molecule has 0 bridgehead atoms. The largest absolute Gasteiger partial charge is 0.352 e. The summed E-state index contributed by atoms with van der Waals surface area (Å²) in [4.78, 5) is 14.5. The molecule has 6 nitrogen and oxygen atoms in total. The predicted molar refractivity (Wildman–Crippen MR) is 102 cm³/mol. The SMILES string of the molecule is O=C(CN1CCN(S(=O)(=O)c2ccc(Cl)cc2)CC1)NC1CCCCC1. The van der Waals surface area contributed by atoms with Crippen LogP contribution in [-0.4, -0.2) is 62.3 Å². The smallest absolute Gasteiger partial charge is 0.243 e. The third-order valence-corrected chi connectivity index (χ3v) is 7.29. The van der Waals surface area contributed by atoms with Crippen LogP contribution in [0.25, 0.3) is 0 Å². The highest BCUT2D eigenvalue weighted by Gasteiger charge is 2.29. The molecule has 1 aliphatic carbocycles. The molecular formula is C18H26ClN3O3S. The first-order valence-corrected chi connectivity index (χ1v) is 11.0. The molecule has 1 amide bonds. The molecule has 3 rings (SSSR count). The fourth-order valence-corrected chi connectivity index (χ4v) is 5.16. The Labute approximate surface area is 160 Å². The van der Waals surface area contributed by atoms with Gasteiger partial charge in [0, 0.05) is 37.2 Å². The molecule has 0 aromatic heterocycles. The lowest BCUT2D eigenvalue weighted by atomic mass is 9.95. The topological polar surface area (TPSA) is 69.7 Å². The molecule has 1 saturated heterocycles. The van der Waals surface area contributed by atoms with Crippen molar-refractivity contribution in [3.8, 4) is 0 Å². The van der Waals surface area contributed by atoms with Gasteiger partial charge in [0.05, 0.1) is 11.4 Å². The van der Waals surface area contributed by atoms with Crippen molar-refractivity contribution in [1.29, 1.82) is 0 Å². The van der Waals surface area contributed by atoms with Gasteiger partial charge in [0.15, 0.2) is 0 Å². The van der Waals surface area contributed by atoms with E-state index in [-0.39, 0.29) is 10.8 Å². The Bertz CT molecular complexity index is 710. The standard InChI is InChI=1S/C18H26ClN3O3S/c19-15-6-8-17(9-7-15)26(24,25)22-12-10-21(11-13-22)14-18(23)20-16-4-2-1-3-5-16/h6-9,16H,1-5,10-14H2,(H,20,23). The van der Waals surface area contributed by atoms with Gasteiger partial charge in [-0.1, -0.05) is 30.9 Å². The first-order chi connectivity index (χ1) is 12.4. The Morgan fingerprint density at radius 1 is 1.04 bits per heavy atom. The van der Waals surface area contributed by atoms with E-state index in [1.165, 1.54) is 35.7 Å². The lowest BCUT2D eigenvalue weighted by molar-refractivity contribution is -0.123. The van der Waals surface area contributed by atoms with Gasteiger partial charge in [0.1, 0.15) is 0 Å². The second kappa shape index (κ2) is 8.69. The number of piperazine rings is 1. The molecule has 0 radical (unpaired) electrons. The van der Waals surface area contributed by atoms with Crippen LogP contribution in [0, 0.1) is 0 Å². The normalized spacial score (nSPS) is 20.8. The van der Waals surface area contributed by atoms with Crippen LogP contribution in [0.3, 0.4) is 0 Å². The summed E-state index contributed by atoms with van der Waals surface area (Å²) in [6.07, 6.45) is 5.77. The van der Waals surface area contributed by atoms with Crippen molar-refractivity contribution < 1.29 is 13.2 Å². The molecule has 1 saturated carbocycles. The summed E-state index contributed by atoms with van der Waals surface area (Å²) >= 11 is 5.83. The number of amides is 1. The zero-order chi connectivity index (χ0) is 18.6. The van der Waals surface area contributed by atoms with Gasteiger partial charge >= 0.3 is 0 Å². The summed E-state index contributed by atoms with van der Waals surface area (Å²) < 4.78 is 26.8. The highest BCUT2D eigenvalue weighted by molar-refractivity contribution is 7.89. The Morgan fingerprint density at radius 2 is 1.65 bits per heavy atom. The second-order valence-electron chi connectivity index (χ2n) is 7.04. The molecule has 26 heavy (non-hydrogen) atoms. The van der Waals surface area contributed by atoms with E-state index in [1.54, 1.807) is 12.1 Å². The molecule has 1 N–H and O–H groups in total. The summed E-state index contributed by atoms with van der Waals surface area (Å²) in [5.41, 5.74) is 0. The van der Waals surface area contributed by atoms with E-state index in [0.29, 0.717) is 43.8 Å². The van der Waals surface area contributed by atoms with Gasteiger partial charge in [0.25, 0.3) is 0 Å². The van der Waals surface area contributed by atoms with Gasteiger partial charge in [-0.05, 0) is 37.1 Å². The lowest BCUT2D eigenvalue weighted by Crippen LogP contribution is -2.51. The van der Waals surface area contributed by atoms with Crippen molar-refractivity contribution in [1.82, 2.24) is 14.5 Å². The maximum Gasteiger partial charge on any atom is 0.243 e. The number of hydrogen-bond donors (Lipinski definition) is 1. The first-order valence-electron chi connectivity index (χ1n) is 9.22. The van der Waals surface area contributed by atoms with Crippen molar-refractivity contribution in [3.05, 3.63) is 29.3 Å². The Balaban J connectivity index is 1.49. The first kappa shape index (κ1) is 19.6. The second-order valence-corrected chi connectivity index (χ2v) is 9.41. The van der Waals surface area contributed by atoms with E-state index in [9.17, 15) is 13.2 Å².